The lowest BCUT2D eigenvalue weighted by atomic mass is 10.1. The van der Waals surface area contributed by atoms with Crippen LogP contribution in [0, 0.1) is 11.3 Å². The molecule has 0 spiro atoms. The van der Waals surface area contributed by atoms with Gasteiger partial charge in [-0.2, -0.15) is 5.26 Å². The van der Waals surface area contributed by atoms with Gasteiger partial charge < -0.3 is 10.6 Å². The van der Waals surface area contributed by atoms with E-state index in [9.17, 15) is 4.79 Å². The molecule has 0 aromatic heterocycles. The highest BCUT2D eigenvalue weighted by Crippen LogP contribution is 2.02. The number of carbonyl (C=O) groups is 1. The van der Waals surface area contributed by atoms with Gasteiger partial charge in [-0.1, -0.05) is 12.1 Å². The molecule has 0 aliphatic rings. The van der Waals surface area contributed by atoms with Crippen LogP contribution in [0.2, 0.25) is 0 Å². The van der Waals surface area contributed by atoms with Gasteiger partial charge in [-0.15, -0.1) is 0 Å². The number of nitriles is 1. The highest BCUT2D eigenvalue weighted by molar-refractivity contribution is 5.77. The quantitative estimate of drug-likeness (QED) is 0.744. The van der Waals surface area contributed by atoms with Crippen molar-refractivity contribution in [3.05, 3.63) is 35.4 Å². The molecule has 0 heterocycles. The van der Waals surface area contributed by atoms with Gasteiger partial charge in [0.25, 0.3) is 0 Å². The molecule has 1 aromatic carbocycles. The molecule has 4 heteroatoms. The van der Waals surface area contributed by atoms with E-state index in [0.29, 0.717) is 18.7 Å². The van der Waals surface area contributed by atoms with Gasteiger partial charge in [0, 0.05) is 13.6 Å². The fourth-order valence-corrected chi connectivity index (χ4v) is 1.11. The monoisotopic (exact) mass is 203 g/mol. The number of rotatable bonds is 4. The second-order valence-electron chi connectivity index (χ2n) is 3.09. The minimum absolute atomic E-state index is 0.0383. The number of benzene rings is 1. The smallest absolute Gasteiger partial charge is 0.233 e. The average Bonchev–Trinajstić information content (AvgIpc) is 2.29. The summed E-state index contributed by atoms with van der Waals surface area (Å²) in [5.74, 6) is -0.0383. The van der Waals surface area contributed by atoms with Crippen molar-refractivity contribution in [2.75, 3.05) is 13.6 Å². The molecule has 1 rings (SSSR count). The van der Waals surface area contributed by atoms with E-state index in [-0.39, 0.29) is 5.91 Å². The van der Waals surface area contributed by atoms with Crippen LogP contribution in [0.25, 0.3) is 0 Å². The number of carbonyl (C=O) groups excluding carboxylic acids is 1. The van der Waals surface area contributed by atoms with E-state index in [1.807, 2.05) is 12.1 Å². The van der Waals surface area contributed by atoms with Gasteiger partial charge in [0.15, 0.2) is 0 Å². The Bertz CT molecular complexity index is 364. The molecule has 1 aromatic rings. The Labute approximate surface area is 88.9 Å². The standard InChI is InChI=1S/C11H13N3O/c1-13-11(15)8-14-7-10-4-2-9(6-12)3-5-10/h2-5,14H,7-8H2,1H3,(H,13,15). The first-order valence-electron chi connectivity index (χ1n) is 4.66. The summed E-state index contributed by atoms with van der Waals surface area (Å²) >= 11 is 0. The number of nitrogens with zero attached hydrogens (tertiary/aromatic N) is 1. The topological polar surface area (TPSA) is 64.9 Å². The van der Waals surface area contributed by atoms with Gasteiger partial charge >= 0.3 is 0 Å². The van der Waals surface area contributed by atoms with Crippen molar-refractivity contribution >= 4 is 5.91 Å². The number of hydrogen-bond acceptors (Lipinski definition) is 3. The molecule has 0 aliphatic heterocycles. The molecule has 0 radical (unpaired) electrons. The number of likely N-dealkylation sites (N-methyl/N-ethyl adjacent to an activating group) is 1. The van der Waals surface area contributed by atoms with E-state index in [1.54, 1.807) is 19.2 Å². The predicted molar refractivity (Wildman–Crippen MR) is 56.9 cm³/mol. The maximum absolute atomic E-state index is 10.9. The Kier molecular flexibility index (Phi) is 4.32. The van der Waals surface area contributed by atoms with Gasteiger partial charge in [-0.25, -0.2) is 0 Å². The lowest BCUT2D eigenvalue weighted by Crippen LogP contribution is -2.30. The zero-order valence-corrected chi connectivity index (χ0v) is 8.58. The van der Waals surface area contributed by atoms with Crippen molar-refractivity contribution in [2.45, 2.75) is 6.54 Å². The van der Waals surface area contributed by atoms with E-state index in [4.69, 9.17) is 5.26 Å². The van der Waals surface area contributed by atoms with Crippen LogP contribution in [0.4, 0.5) is 0 Å². The van der Waals surface area contributed by atoms with Gasteiger partial charge in [0.05, 0.1) is 18.2 Å². The van der Waals surface area contributed by atoms with Crippen molar-refractivity contribution in [3.63, 3.8) is 0 Å². The van der Waals surface area contributed by atoms with Gasteiger partial charge in [-0.05, 0) is 17.7 Å². The highest BCUT2D eigenvalue weighted by Gasteiger charge is 1.97. The molecule has 0 saturated carbocycles. The fourth-order valence-electron chi connectivity index (χ4n) is 1.11. The number of nitrogens with one attached hydrogen (secondary N) is 2. The highest BCUT2D eigenvalue weighted by atomic mass is 16.1. The molecule has 78 valence electrons. The van der Waals surface area contributed by atoms with Gasteiger partial charge in [-0.3, -0.25) is 4.79 Å². The van der Waals surface area contributed by atoms with Crippen LogP contribution < -0.4 is 10.6 Å². The normalized spacial score (nSPS) is 9.33. The summed E-state index contributed by atoms with van der Waals surface area (Å²) in [7, 11) is 1.60. The summed E-state index contributed by atoms with van der Waals surface area (Å²) in [6, 6.07) is 9.32. The maximum Gasteiger partial charge on any atom is 0.233 e. The molecule has 0 atom stereocenters. The Balaban J connectivity index is 2.38. The van der Waals surface area contributed by atoms with Crippen LogP contribution in [0.5, 0.6) is 0 Å². The largest absolute Gasteiger partial charge is 0.358 e. The molecule has 0 saturated heterocycles. The van der Waals surface area contributed by atoms with Crippen molar-refractivity contribution < 1.29 is 4.79 Å². The first kappa shape index (κ1) is 11.2. The summed E-state index contributed by atoms with van der Waals surface area (Å²) in [6.07, 6.45) is 0. The third-order valence-corrected chi connectivity index (χ3v) is 1.98. The molecule has 4 nitrogen and oxygen atoms in total. The molecule has 0 unspecified atom stereocenters. The van der Waals surface area contributed by atoms with Crippen molar-refractivity contribution in [1.82, 2.24) is 10.6 Å². The van der Waals surface area contributed by atoms with Crippen LogP contribution in [-0.2, 0) is 11.3 Å². The third-order valence-electron chi connectivity index (χ3n) is 1.98. The molecule has 2 N–H and O–H groups in total. The molecule has 0 aliphatic carbocycles. The fraction of sp³-hybridized carbons (Fsp3) is 0.273. The first-order chi connectivity index (χ1) is 7.26. The zero-order valence-electron chi connectivity index (χ0n) is 8.58. The average molecular weight is 203 g/mol. The second kappa shape index (κ2) is 5.78. The summed E-state index contributed by atoms with van der Waals surface area (Å²) in [4.78, 5) is 10.9. The summed E-state index contributed by atoms with van der Waals surface area (Å²) in [5.41, 5.74) is 1.70. The Morgan fingerprint density at radius 2 is 2.07 bits per heavy atom. The number of hydrogen-bond donors (Lipinski definition) is 2. The Hall–Kier alpha value is -1.86. The van der Waals surface area contributed by atoms with E-state index < -0.39 is 0 Å². The predicted octanol–water partition coefficient (Wildman–Crippen LogP) is 0.394. The zero-order chi connectivity index (χ0) is 11.1. The van der Waals surface area contributed by atoms with E-state index >= 15 is 0 Å². The first-order valence-corrected chi connectivity index (χ1v) is 4.66. The third kappa shape index (κ3) is 3.79. The van der Waals surface area contributed by atoms with Crippen molar-refractivity contribution in [2.24, 2.45) is 0 Å². The van der Waals surface area contributed by atoms with E-state index in [0.717, 1.165) is 5.56 Å². The lowest BCUT2D eigenvalue weighted by molar-refractivity contribution is -0.119. The molecular weight excluding hydrogens is 190 g/mol. The summed E-state index contributed by atoms with van der Waals surface area (Å²) < 4.78 is 0. The summed E-state index contributed by atoms with van der Waals surface area (Å²) in [5, 5.41) is 14.1. The minimum atomic E-state index is -0.0383. The van der Waals surface area contributed by atoms with Gasteiger partial charge in [0.1, 0.15) is 0 Å². The second-order valence-corrected chi connectivity index (χ2v) is 3.09. The van der Waals surface area contributed by atoms with Gasteiger partial charge in [0.2, 0.25) is 5.91 Å². The lowest BCUT2D eigenvalue weighted by Gasteiger charge is -2.03. The SMILES string of the molecule is CNC(=O)CNCc1ccc(C#N)cc1. The van der Waals surface area contributed by atoms with Crippen LogP contribution >= 0.6 is 0 Å². The molecule has 0 bridgehead atoms. The Morgan fingerprint density at radius 3 is 2.60 bits per heavy atom. The van der Waals surface area contributed by atoms with E-state index in [2.05, 4.69) is 16.7 Å². The van der Waals surface area contributed by atoms with Crippen molar-refractivity contribution in [3.8, 4) is 6.07 Å². The number of amides is 1. The van der Waals surface area contributed by atoms with E-state index in [1.165, 1.54) is 0 Å². The van der Waals surface area contributed by atoms with Crippen molar-refractivity contribution in [1.29, 1.82) is 5.26 Å². The molecular formula is C11H13N3O. The van der Waals surface area contributed by atoms with Crippen LogP contribution in [0.1, 0.15) is 11.1 Å². The molecule has 15 heavy (non-hydrogen) atoms. The molecule has 1 amide bonds. The molecule has 0 fully saturated rings. The Morgan fingerprint density at radius 1 is 1.40 bits per heavy atom. The van der Waals surface area contributed by atoms with Crippen LogP contribution in [0.3, 0.4) is 0 Å². The van der Waals surface area contributed by atoms with Crippen LogP contribution in [0.15, 0.2) is 24.3 Å². The maximum atomic E-state index is 10.9. The summed E-state index contributed by atoms with van der Waals surface area (Å²) in [6.45, 7) is 0.926. The van der Waals surface area contributed by atoms with Crippen LogP contribution in [-0.4, -0.2) is 19.5 Å². The minimum Gasteiger partial charge on any atom is -0.358 e.